The van der Waals surface area contributed by atoms with Gasteiger partial charge >= 0.3 is 0 Å². The van der Waals surface area contributed by atoms with E-state index in [4.69, 9.17) is 23.2 Å². The number of rotatable bonds is 3. The number of anilines is 2. The van der Waals surface area contributed by atoms with E-state index in [0.717, 1.165) is 36.0 Å². The van der Waals surface area contributed by atoms with Crippen LogP contribution >= 0.6 is 35.0 Å². The highest BCUT2D eigenvalue weighted by molar-refractivity contribution is 7.99. The van der Waals surface area contributed by atoms with Gasteiger partial charge in [0.05, 0.1) is 5.69 Å². The van der Waals surface area contributed by atoms with Crippen LogP contribution < -0.4 is 10.2 Å². The third kappa shape index (κ3) is 3.03. The van der Waals surface area contributed by atoms with Crippen molar-refractivity contribution < 1.29 is 0 Å². The van der Waals surface area contributed by atoms with Crippen LogP contribution in [-0.2, 0) is 0 Å². The molecule has 7 heteroatoms. The largest absolute Gasteiger partial charge is 0.323 e. The predicted octanol–water partition coefficient (Wildman–Crippen LogP) is 4.53. The van der Waals surface area contributed by atoms with Crippen molar-refractivity contribution in [2.24, 2.45) is 0 Å². The molecule has 0 spiro atoms. The zero-order valence-corrected chi connectivity index (χ0v) is 14.8. The molecule has 3 heterocycles. The summed E-state index contributed by atoms with van der Waals surface area (Å²) in [5.74, 6) is 0.807. The summed E-state index contributed by atoms with van der Waals surface area (Å²) in [6.45, 7) is 2.00. The summed E-state index contributed by atoms with van der Waals surface area (Å²) in [5, 5.41) is 4.88. The number of aromatic nitrogens is 2. The molecule has 1 aromatic heterocycles. The fourth-order valence-electron chi connectivity index (χ4n) is 3.12. The Kier molecular flexibility index (Phi) is 4.37. The van der Waals surface area contributed by atoms with Crippen LogP contribution in [0.15, 0.2) is 34.2 Å². The summed E-state index contributed by atoms with van der Waals surface area (Å²) in [6, 6.07) is 8.90. The fraction of sp³-hybridized carbons (Fsp3) is 0.375. The molecule has 1 atom stereocenters. The first-order chi connectivity index (χ1) is 11.2. The lowest BCUT2D eigenvalue weighted by Crippen LogP contribution is -2.30. The van der Waals surface area contributed by atoms with Crippen LogP contribution in [0, 0.1) is 0 Å². The second-order valence-electron chi connectivity index (χ2n) is 5.74. The first kappa shape index (κ1) is 15.5. The third-order valence-corrected chi connectivity index (χ3v) is 5.90. The molecule has 0 radical (unpaired) electrons. The number of hydrogen-bond donors (Lipinski definition) is 1. The van der Waals surface area contributed by atoms with Crippen molar-refractivity contribution in [2.75, 3.05) is 18.0 Å². The van der Waals surface area contributed by atoms with Gasteiger partial charge in [-0.1, -0.05) is 47.1 Å². The smallest absolute Gasteiger partial charge is 0.168 e. The van der Waals surface area contributed by atoms with Gasteiger partial charge in [-0.3, -0.25) is 0 Å². The van der Waals surface area contributed by atoms with E-state index in [1.54, 1.807) is 11.8 Å². The number of nitrogens with zero attached hydrogens (tertiary/aromatic N) is 3. The van der Waals surface area contributed by atoms with Crippen LogP contribution in [-0.4, -0.2) is 29.1 Å². The van der Waals surface area contributed by atoms with Crippen LogP contribution in [0.4, 0.5) is 11.5 Å². The molecule has 23 heavy (non-hydrogen) atoms. The molecule has 1 fully saturated rings. The number of nitrogens with one attached hydrogen (secondary N) is 1. The first-order valence-electron chi connectivity index (χ1n) is 7.73. The Morgan fingerprint density at radius 3 is 2.87 bits per heavy atom. The molecule has 2 aliphatic rings. The summed E-state index contributed by atoms with van der Waals surface area (Å²) in [5.41, 5.74) is 1.16. The monoisotopic (exact) mass is 366 g/mol. The van der Waals surface area contributed by atoms with E-state index in [0.29, 0.717) is 6.04 Å². The second kappa shape index (κ2) is 6.48. The van der Waals surface area contributed by atoms with E-state index < -0.39 is 0 Å². The maximum Gasteiger partial charge on any atom is 0.168 e. The van der Waals surface area contributed by atoms with Crippen molar-refractivity contribution in [2.45, 2.75) is 35.2 Å². The van der Waals surface area contributed by atoms with Crippen molar-refractivity contribution >= 4 is 46.5 Å². The summed E-state index contributed by atoms with van der Waals surface area (Å²) >= 11 is 13.8. The van der Waals surface area contributed by atoms with E-state index in [9.17, 15) is 0 Å². The van der Waals surface area contributed by atoms with E-state index in [1.807, 2.05) is 6.07 Å². The first-order valence-corrected chi connectivity index (χ1v) is 9.30. The quantitative estimate of drug-likeness (QED) is 0.863. The minimum atomic E-state index is 0.259. The Morgan fingerprint density at radius 1 is 1.22 bits per heavy atom. The Bertz CT molecular complexity index is 734. The van der Waals surface area contributed by atoms with Gasteiger partial charge in [-0.2, -0.15) is 0 Å². The summed E-state index contributed by atoms with van der Waals surface area (Å²) < 4.78 is 0. The predicted molar refractivity (Wildman–Crippen MR) is 95.3 cm³/mol. The Morgan fingerprint density at radius 2 is 2.04 bits per heavy atom. The highest BCUT2D eigenvalue weighted by Gasteiger charge is 2.28. The molecular weight excluding hydrogens is 351 g/mol. The van der Waals surface area contributed by atoms with Gasteiger partial charge in [0.25, 0.3) is 0 Å². The lowest BCUT2D eigenvalue weighted by Gasteiger charge is -2.31. The molecule has 1 aromatic carbocycles. The normalized spacial score (nSPS) is 19.6. The van der Waals surface area contributed by atoms with Crippen molar-refractivity contribution in [1.29, 1.82) is 0 Å². The van der Waals surface area contributed by atoms with E-state index in [2.05, 4.69) is 38.4 Å². The number of benzene rings is 1. The lowest BCUT2D eigenvalue weighted by atomic mass is 10.1. The molecule has 2 aromatic rings. The highest BCUT2D eigenvalue weighted by atomic mass is 35.5. The van der Waals surface area contributed by atoms with Crippen LogP contribution in [0.25, 0.3) is 0 Å². The molecule has 2 aliphatic heterocycles. The van der Waals surface area contributed by atoms with Crippen LogP contribution in [0.2, 0.25) is 10.3 Å². The van der Waals surface area contributed by atoms with Crippen molar-refractivity contribution in [3.63, 3.8) is 0 Å². The van der Waals surface area contributed by atoms with Gasteiger partial charge in [0, 0.05) is 17.5 Å². The van der Waals surface area contributed by atoms with Crippen LogP contribution in [0.1, 0.15) is 19.3 Å². The van der Waals surface area contributed by atoms with Gasteiger partial charge in [0.2, 0.25) is 0 Å². The number of fused-ring (bicyclic) bond motifs is 2. The number of hydrogen-bond acceptors (Lipinski definition) is 5. The zero-order chi connectivity index (χ0) is 15.8. The molecule has 0 bridgehead atoms. The highest BCUT2D eigenvalue weighted by Crippen LogP contribution is 2.47. The maximum atomic E-state index is 6.11. The van der Waals surface area contributed by atoms with E-state index in [1.165, 1.54) is 17.7 Å². The van der Waals surface area contributed by atoms with Crippen molar-refractivity contribution in [3.8, 4) is 0 Å². The molecular formula is C16H16Cl2N4S. The zero-order valence-electron chi connectivity index (χ0n) is 12.4. The molecule has 0 amide bonds. The average Bonchev–Trinajstić information content (AvgIpc) is 3.06. The standard InChI is InChI=1S/C16H16Cl2N4S/c17-13-14(18)21-16-15(20-13)22(9-7-10-4-3-8-19-10)11-5-1-2-6-12(11)23-16/h1-2,5-6,10,19H,3-4,7-9H2. The average molecular weight is 367 g/mol. The number of halogens is 2. The second-order valence-corrected chi connectivity index (χ2v) is 7.48. The Labute approximate surface area is 149 Å². The summed E-state index contributed by atoms with van der Waals surface area (Å²) in [6.07, 6.45) is 3.57. The van der Waals surface area contributed by atoms with Crippen LogP contribution in [0.3, 0.4) is 0 Å². The SMILES string of the molecule is Clc1nc2c(nc1Cl)N(CCC1CCCN1)c1ccccc1S2. The minimum Gasteiger partial charge on any atom is -0.323 e. The van der Waals surface area contributed by atoms with Gasteiger partial charge in [-0.25, -0.2) is 9.97 Å². The molecule has 1 N–H and O–H groups in total. The summed E-state index contributed by atoms with van der Waals surface area (Å²) in [4.78, 5) is 12.3. The van der Waals surface area contributed by atoms with Crippen molar-refractivity contribution in [3.05, 3.63) is 34.6 Å². The minimum absolute atomic E-state index is 0.259. The molecule has 4 rings (SSSR count). The maximum absolute atomic E-state index is 6.11. The number of para-hydroxylation sites is 1. The molecule has 1 saturated heterocycles. The third-order valence-electron chi connectivity index (χ3n) is 4.25. The Hall–Kier alpha value is -1.01. The molecule has 0 saturated carbocycles. The summed E-state index contributed by atoms with van der Waals surface area (Å²) in [7, 11) is 0. The van der Waals surface area contributed by atoms with E-state index >= 15 is 0 Å². The molecule has 120 valence electrons. The van der Waals surface area contributed by atoms with Crippen LogP contribution in [0.5, 0.6) is 0 Å². The van der Waals surface area contributed by atoms with Gasteiger partial charge in [0.15, 0.2) is 16.1 Å². The van der Waals surface area contributed by atoms with Gasteiger partial charge in [-0.05, 0) is 37.9 Å². The topological polar surface area (TPSA) is 41.1 Å². The van der Waals surface area contributed by atoms with E-state index in [-0.39, 0.29) is 10.3 Å². The molecule has 0 aliphatic carbocycles. The molecule has 1 unspecified atom stereocenters. The Balaban J connectivity index is 1.69. The fourth-order valence-corrected chi connectivity index (χ4v) is 4.44. The van der Waals surface area contributed by atoms with Crippen molar-refractivity contribution in [1.82, 2.24) is 15.3 Å². The van der Waals surface area contributed by atoms with Gasteiger partial charge in [0.1, 0.15) is 5.03 Å². The molecule has 4 nitrogen and oxygen atoms in total. The lowest BCUT2D eigenvalue weighted by molar-refractivity contribution is 0.560. The van der Waals surface area contributed by atoms with Gasteiger partial charge < -0.3 is 10.2 Å². The van der Waals surface area contributed by atoms with Gasteiger partial charge in [-0.15, -0.1) is 0 Å².